The molecule has 0 bridgehead atoms. The second kappa shape index (κ2) is 3.65. The van der Waals surface area contributed by atoms with Gasteiger partial charge in [0.1, 0.15) is 4.21 Å². The zero-order chi connectivity index (χ0) is 10.8. The van der Waals surface area contributed by atoms with Crippen molar-refractivity contribution >= 4 is 27.3 Å². The Morgan fingerprint density at radius 1 is 1.64 bits per heavy atom. The topological polar surface area (TPSA) is 107 Å². The number of nitriles is 1. The van der Waals surface area contributed by atoms with Gasteiger partial charge >= 0.3 is 5.97 Å². The van der Waals surface area contributed by atoms with Gasteiger partial charge in [0.05, 0.1) is 5.56 Å². The summed E-state index contributed by atoms with van der Waals surface area (Å²) in [7, 11) is -3.88. The Balaban J connectivity index is 3.11. The first-order chi connectivity index (χ1) is 6.47. The van der Waals surface area contributed by atoms with Crippen LogP contribution in [0, 0.1) is 11.5 Å². The van der Waals surface area contributed by atoms with E-state index in [-0.39, 0.29) is 9.77 Å². The fourth-order valence-electron chi connectivity index (χ4n) is 0.680. The quantitative estimate of drug-likeness (QED) is 0.572. The molecule has 0 unspecified atom stereocenters. The lowest BCUT2D eigenvalue weighted by Crippen LogP contribution is -2.16. The molecule has 74 valence electrons. The molecular weight excluding hydrogens is 228 g/mol. The van der Waals surface area contributed by atoms with Crippen LogP contribution in [-0.2, 0) is 10.0 Å². The van der Waals surface area contributed by atoms with Gasteiger partial charge in [0.25, 0.3) is 10.0 Å². The third kappa shape index (κ3) is 2.01. The molecule has 0 amide bonds. The van der Waals surface area contributed by atoms with Crippen LogP contribution >= 0.6 is 11.3 Å². The van der Waals surface area contributed by atoms with Gasteiger partial charge in [-0.05, 0) is 6.07 Å². The van der Waals surface area contributed by atoms with Crippen molar-refractivity contribution in [1.29, 1.82) is 5.26 Å². The SMILES string of the molecule is N#CNS(=O)(=O)c1cc(C(=O)O)cs1. The molecule has 14 heavy (non-hydrogen) atoms. The first-order valence-corrected chi connectivity index (χ1v) is 5.56. The third-order valence-electron chi connectivity index (χ3n) is 1.27. The molecule has 0 fully saturated rings. The van der Waals surface area contributed by atoms with E-state index in [1.807, 2.05) is 0 Å². The highest BCUT2D eigenvalue weighted by Gasteiger charge is 2.17. The molecule has 0 spiro atoms. The average Bonchev–Trinajstić information content (AvgIpc) is 2.51. The van der Waals surface area contributed by atoms with E-state index < -0.39 is 16.0 Å². The lowest BCUT2D eigenvalue weighted by atomic mass is 10.4. The van der Waals surface area contributed by atoms with Crippen molar-refractivity contribution in [2.24, 2.45) is 0 Å². The van der Waals surface area contributed by atoms with Crippen molar-refractivity contribution < 1.29 is 18.3 Å². The van der Waals surface area contributed by atoms with Gasteiger partial charge in [-0.15, -0.1) is 11.3 Å². The molecule has 0 aliphatic heterocycles. The summed E-state index contributed by atoms with van der Waals surface area (Å²) < 4.78 is 23.7. The Morgan fingerprint density at radius 3 is 2.71 bits per heavy atom. The van der Waals surface area contributed by atoms with Gasteiger partial charge in [0, 0.05) is 5.38 Å². The third-order valence-corrected chi connectivity index (χ3v) is 3.94. The van der Waals surface area contributed by atoms with E-state index in [1.54, 1.807) is 4.72 Å². The number of carbonyl (C=O) groups is 1. The number of carboxylic acid groups (broad SMARTS) is 1. The minimum Gasteiger partial charge on any atom is -0.478 e. The molecule has 1 aromatic rings. The second-order valence-corrected chi connectivity index (χ2v) is 5.00. The standard InChI is InChI=1S/C6H4N2O4S2/c7-3-8-14(11,12)5-1-4(2-13-5)6(9)10/h1-2,8H,(H,9,10). The van der Waals surface area contributed by atoms with Gasteiger partial charge in [0.2, 0.25) is 0 Å². The Hall–Kier alpha value is -1.59. The van der Waals surface area contributed by atoms with Crippen LogP contribution in [0.1, 0.15) is 10.4 Å². The molecule has 0 radical (unpaired) electrons. The van der Waals surface area contributed by atoms with Crippen molar-refractivity contribution in [2.45, 2.75) is 4.21 Å². The van der Waals surface area contributed by atoms with Crippen molar-refractivity contribution in [1.82, 2.24) is 4.72 Å². The van der Waals surface area contributed by atoms with E-state index >= 15 is 0 Å². The summed E-state index contributed by atoms with van der Waals surface area (Å²) >= 11 is 0.742. The highest BCUT2D eigenvalue weighted by molar-refractivity contribution is 7.91. The molecule has 0 aliphatic carbocycles. The first kappa shape index (κ1) is 10.5. The molecule has 6 nitrogen and oxygen atoms in total. The van der Waals surface area contributed by atoms with Gasteiger partial charge < -0.3 is 5.11 Å². The predicted molar refractivity (Wildman–Crippen MR) is 47.2 cm³/mol. The number of hydrogen-bond donors (Lipinski definition) is 2. The van der Waals surface area contributed by atoms with Crippen LogP contribution < -0.4 is 4.72 Å². The molecule has 1 rings (SSSR count). The molecule has 0 saturated heterocycles. The van der Waals surface area contributed by atoms with Crippen LogP contribution in [0.15, 0.2) is 15.7 Å². The number of nitrogens with zero attached hydrogens (tertiary/aromatic N) is 1. The van der Waals surface area contributed by atoms with Gasteiger partial charge in [-0.2, -0.15) is 13.7 Å². The minimum atomic E-state index is -3.88. The zero-order valence-electron chi connectivity index (χ0n) is 6.59. The van der Waals surface area contributed by atoms with Crippen molar-refractivity contribution in [3.63, 3.8) is 0 Å². The largest absolute Gasteiger partial charge is 0.478 e. The highest BCUT2D eigenvalue weighted by Crippen LogP contribution is 2.19. The fraction of sp³-hybridized carbons (Fsp3) is 0. The Morgan fingerprint density at radius 2 is 2.29 bits per heavy atom. The van der Waals surface area contributed by atoms with Crippen LogP contribution in [0.3, 0.4) is 0 Å². The lowest BCUT2D eigenvalue weighted by Gasteiger charge is -1.94. The predicted octanol–water partition coefficient (Wildman–Crippen LogP) is 0.206. The lowest BCUT2D eigenvalue weighted by molar-refractivity contribution is 0.0697. The maximum absolute atomic E-state index is 11.2. The second-order valence-electron chi connectivity index (χ2n) is 2.18. The number of rotatable bonds is 3. The van der Waals surface area contributed by atoms with Crippen LogP contribution in [-0.4, -0.2) is 19.5 Å². The average molecular weight is 232 g/mol. The van der Waals surface area contributed by atoms with Gasteiger partial charge in [-0.25, -0.2) is 9.52 Å². The van der Waals surface area contributed by atoms with Gasteiger partial charge in [0.15, 0.2) is 6.19 Å². The molecular formula is C6H4N2O4S2. The summed E-state index contributed by atoms with van der Waals surface area (Å²) in [4.78, 5) is 10.4. The molecule has 0 saturated carbocycles. The normalized spacial score (nSPS) is 10.5. The first-order valence-electron chi connectivity index (χ1n) is 3.20. The van der Waals surface area contributed by atoms with Crippen molar-refractivity contribution in [3.8, 4) is 6.19 Å². The van der Waals surface area contributed by atoms with E-state index in [1.165, 1.54) is 11.6 Å². The minimum absolute atomic E-state index is 0.117. The van der Waals surface area contributed by atoms with Crippen LogP contribution in [0.25, 0.3) is 0 Å². The summed E-state index contributed by atoms with van der Waals surface area (Å²) in [5.74, 6) is -1.21. The van der Waals surface area contributed by atoms with Crippen molar-refractivity contribution in [2.75, 3.05) is 0 Å². The van der Waals surface area contributed by atoms with Crippen LogP contribution in [0.4, 0.5) is 0 Å². The Labute approximate surface area is 83.5 Å². The van der Waals surface area contributed by atoms with Crippen LogP contribution in [0.2, 0.25) is 0 Å². The van der Waals surface area contributed by atoms with E-state index in [9.17, 15) is 13.2 Å². The number of thiophene rings is 1. The fourth-order valence-corrected chi connectivity index (χ4v) is 2.57. The number of nitrogens with one attached hydrogen (secondary N) is 1. The number of carboxylic acids is 1. The molecule has 8 heteroatoms. The Bertz CT molecular complexity index is 496. The van der Waals surface area contributed by atoms with Crippen LogP contribution in [0.5, 0.6) is 0 Å². The molecule has 2 N–H and O–H groups in total. The van der Waals surface area contributed by atoms with E-state index in [4.69, 9.17) is 10.4 Å². The zero-order valence-corrected chi connectivity index (χ0v) is 8.22. The van der Waals surface area contributed by atoms with Gasteiger partial charge in [-0.1, -0.05) is 0 Å². The molecule has 1 heterocycles. The molecule has 1 aromatic heterocycles. The number of hydrogen-bond acceptors (Lipinski definition) is 5. The van der Waals surface area contributed by atoms with Crippen molar-refractivity contribution in [3.05, 3.63) is 17.0 Å². The maximum Gasteiger partial charge on any atom is 0.336 e. The van der Waals surface area contributed by atoms with Gasteiger partial charge in [-0.3, -0.25) is 0 Å². The number of aromatic carboxylic acids is 1. The summed E-state index contributed by atoms with van der Waals surface area (Å²) in [5, 5.41) is 17.8. The number of sulfonamides is 1. The monoisotopic (exact) mass is 232 g/mol. The molecule has 0 aliphatic rings. The van der Waals surface area contributed by atoms with E-state index in [0.29, 0.717) is 0 Å². The maximum atomic E-state index is 11.2. The van der Waals surface area contributed by atoms with E-state index in [2.05, 4.69) is 0 Å². The molecule has 0 aromatic carbocycles. The smallest absolute Gasteiger partial charge is 0.336 e. The molecule has 0 atom stereocenters. The highest BCUT2D eigenvalue weighted by atomic mass is 32.2. The Kier molecular flexibility index (Phi) is 2.73. The summed E-state index contributed by atoms with van der Waals surface area (Å²) in [5.41, 5.74) is -0.117. The van der Waals surface area contributed by atoms with E-state index in [0.717, 1.165) is 17.4 Å². The summed E-state index contributed by atoms with van der Waals surface area (Å²) in [6.07, 6.45) is 1.27. The summed E-state index contributed by atoms with van der Waals surface area (Å²) in [6, 6.07) is 0.993. The summed E-state index contributed by atoms with van der Waals surface area (Å²) in [6.45, 7) is 0.